The fourth-order valence-electron chi connectivity index (χ4n) is 1.99. The van der Waals surface area contributed by atoms with Crippen LogP contribution in [-0.4, -0.2) is 37.1 Å². The van der Waals surface area contributed by atoms with Gasteiger partial charge in [0.15, 0.2) is 0 Å². The van der Waals surface area contributed by atoms with Crippen LogP contribution in [0.3, 0.4) is 0 Å². The summed E-state index contributed by atoms with van der Waals surface area (Å²) in [5.41, 5.74) is 0.392. The fourth-order valence-corrected chi connectivity index (χ4v) is 2.39. The van der Waals surface area contributed by atoms with E-state index >= 15 is 0 Å². The van der Waals surface area contributed by atoms with Crippen molar-refractivity contribution in [2.75, 3.05) is 20.1 Å². The van der Waals surface area contributed by atoms with E-state index < -0.39 is 0 Å². The van der Waals surface area contributed by atoms with Gasteiger partial charge in [0.25, 0.3) is 0 Å². The highest BCUT2D eigenvalue weighted by molar-refractivity contribution is 7.80. The van der Waals surface area contributed by atoms with Crippen LogP contribution in [0.2, 0.25) is 5.02 Å². The second-order valence-electron chi connectivity index (χ2n) is 4.57. The Kier molecular flexibility index (Phi) is 4.54. The van der Waals surface area contributed by atoms with Crippen molar-refractivity contribution in [1.82, 2.24) is 4.90 Å². The zero-order valence-corrected chi connectivity index (χ0v) is 11.9. The smallest absolute Gasteiger partial charge is 0.339 e. The molecule has 1 aromatic rings. The van der Waals surface area contributed by atoms with Crippen LogP contribution in [0.4, 0.5) is 0 Å². The Morgan fingerprint density at radius 2 is 2.11 bits per heavy atom. The standard InChI is InChI=1S/C13H16ClNO2S/c1-15-6-4-9(5-7-15)17-13(16)11-8-10(18)2-3-12(11)14/h2-3,8-9,18H,4-7H2,1H3. The maximum absolute atomic E-state index is 12.0. The third-order valence-electron chi connectivity index (χ3n) is 3.11. The molecule has 98 valence electrons. The predicted octanol–water partition coefficient (Wildman–Crippen LogP) is 2.88. The highest BCUT2D eigenvalue weighted by Gasteiger charge is 2.22. The minimum absolute atomic E-state index is 0.00617. The van der Waals surface area contributed by atoms with Gasteiger partial charge in [0.1, 0.15) is 6.10 Å². The lowest BCUT2D eigenvalue weighted by atomic mass is 10.1. The van der Waals surface area contributed by atoms with Gasteiger partial charge in [0, 0.05) is 18.0 Å². The van der Waals surface area contributed by atoms with E-state index in [-0.39, 0.29) is 12.1 Å². The van der Waals surface area contributed by atoms with Crippen LogP contribution in [0.15, 0.2) is 23.1 Å². The van der Waals surface area contributed by atoms with Crippen LogP contribution in [0, 0.1) is 0 Å². The number of esters is 1. The molecule has 0 amide bonds. The molecular weight excluding hydrogens is 270 g/mol. The number of halogens is 1. The lowest BCUT2D eigenvalue weighted by Gasteiger charge is -2.28. The molecule has 0 N–H and O–H groups in total. The first-order valence-corrected chi connectivity index (χ1v) is 6.77. The molecule has 0 saturated carbocycles. The van der Waals surface area contributed by atoms with Crippen molar-refractivity contribution in [1.29, 1.82) is 0 Å². The first kappa shape index (κ1) is 13.7. The number of likely N-dealkylation sites (tertiary alicyclic amines) is 1. The molecule has 1 aliphatic heterocycles. The molecule has 0 bridgehead atoms. The van der Waals surface area contributed by atoms with Crippen molar-refractivity contribution < 1.29 is 9.53 Å². The van der Waals surface area contributed by atoms with E-state index in [1.54, 1.807) is 18.2 Å². The number of ether oxygens (including phenoxy) is 1. The summed E-state index contributed by atoms with van der Waals surface area (Å²) in [6, 6.07) is 5.05. The summed E-state index contributed by atoms with van der Waals surface area (Å²) in [6.45, 7) is 1.91. The summed E-state index contributed by atoms with van der Waals surface area (Å²) in [4.78, 5) is 14.9. The molecule has 0 aromatic heterocycles. The van der Waals surface area contributed by atoms with Gasteiger partial charge in [-0.3, -0.25) is 0 Å². The largest absolute Gasteiger partial charge is 0.459 e. The number of thiol groups is 1. The number of benzene rings is 1. The Morgan fingerprint density at radius 3 is 2.78 bits per heavy atom. The van der Waals surface area contributed by atoms with Gasteiger partial charge < -0.3 is 9.64 Å². The number of hydrogen-bond donors (Lipinski definition) is 1. The second kappa shape index (κ2) is 5.95. The zero-order valence-electron chi connectivity index (χ0n) is 10.2. The molecule has 0 spiro atoms. The Morgan fingerprint density at radius 1 is 1.44 bits per heavy atom. The SMILES string of the molecule is CN1CCC(OC(=O)c2cc(S)ccc2Cl)CC1. The van der Waals surface area contributed by atoms with Crippen LogP contribution < -0.4 is 0 Å². The number of piperidine rings is 1. The van der Waals surface area contributed by atoms with Gasteiger partial charge in [0.2, 0.25) is 0 Å². The van der Waals surface area contributed by atoms with Crippen molar-refractivity contribution in [3.05, 3.63) is 28.8 Å². The molecule has 0 atom stereocenters. The summed E-state index contributed by atoms with van der Waals surface area (Å²) in [5.74, 6) is -0.356. The van der Waals surface area contributed by atoms with Crippen molar-refractivity contribution in [3.8, 4) is 0 Å². The molecule has 2 rings (SSSR count). The molecule has 1 aliphatic rings. The van der Waals surface area contributed by atoms with Crippen molar-refractivity contribution in [2.45, 2.75) is 23.8 Å². The minimum Gasteiger partial charge on any atom is -0.459 e. The lowest BCUT2D eigenvalue weighted by molar-refractivity contribution is 0.0139. The van der Waals surface area contributed by atoms with Crippen LogP contribution in [0.5, 0.6) is 0 Å². The fraction of sp³-hybridized carbons (Fsp3) is 0.462. The molecule has 1 fully saturated rings. The zero-order chi connectivity index (χ0) is 13.1. The normalized spacial score (nSPS) is 17.7. The number of rotatable bonds is 2. The van der Waals surface area contributed by atoms with Crippen LogP contribution in [-0.2, 0) is 4.74 Å². The van der Waals surface area contributed by atoms with Gasteiger partial charge in [-0.1, -0.05) is 11.6 Å². The van der Waals surface area contributed by atoms with Gasteiger partial charge >= 0.3 is 5.97 Å². The predicted molar refractivity (Wildman–Crippen MR) is 74.6 cm³/mol. The molecule has 1 heterocycles. The second-order valence-corrected chi connectivity index (χ2v) is 5.50. The molecule has 18 heavy (non-hydrogen) atoms. The van der Waals surface area contributed by atoms with Crippen LogP contribution in [0.1, 0.15) is 23.2 Å². The molecule has 3 nitrogen and oxygen atoms in total. The number of carbonyl (C=O) groups is 1. The van der Waals surface area contributed by atoms with Gasteiger partial charge in [-0.2, -0.15) is 0 Å². The Bertz CT molecular complexity index is 445. The van der Waals surface area contributed by atoms with Crippen molar-refractivity contribution in [2.24, 2.45) is 0 Å². The first-order chi connectivity index (χ1) is 8.56. The number of nitrogens with zero attached hydrogens (tertiary/aromatic N) is 1. The van der Waals surface area contributed by atoms with E-state index in [0.717, 1.165) is 25.9 Å². The summed E-state index contributed by atoms with van der Waals surface area (Å²) < 4.78 is 5.48. The van der Waals surface area contributed by atoms with E-state index in [4.69, 9.17) is 16.3 Å². The molecule has 0 radical (unpaired) electrons. The van der Waals surface area contributed by atoms with Crippen LogP contribution in [0.25, 0.3) is 0 Å². The van der Waals surface area contributed by atoms with Crippen molar-refractivity contribution >= 4 is 30.2 Å². The topological polar surface area (TPSA) is 29.5 Å². The van der Waals surface area contributed by atoms with E-state index in [0.29, 0.717) is 15.5 Å². The maximum atomic E-state index is 12.0. The monoisotopic (exact) mass is 285 g/mol. The highest BCUT2D eigenvalue weighted by atomic mass is 35.5. The minimum atomic E-state index is -0.356. The van der Waals surface area contributed by atoms with Gasteiger partial charge in [-0.15, -0.1) is 12.6 Å². The molecule has 0 aliphatic carbocycles. The number of carbonyl (C=O) groups excluding carboxylic acids is 1. The van der Waals surface area contributed by atoms with Crippen LogP contribution >= 0.6 is 24.2 Å². The van der Waals surface area contributed by atoms with E-state index in [9.17, 15) is 4.79 Å². The summed E-state index contributed by atoms with van der Waals surface area (Å²) in [5, 5.41) is 0.408. The Balaban J connectivity index is 2.01. The average Bonchev–Trinajstić information content (AvgIpc) is 2.35. The summed E-state index contributed by atoms with van der Waals surface area (Å²) >= 11 is 10.2. The molecule has 1 aromatic carbocycles. The van der Waals surface area contributed by atoms with E-state index in [1.165, 1.54) is 0 Å². The molecule has 1 saturated heterocycles. The number of hydrogen-bond acceptors (Lipinski definition) is 4. The third kappa shape index (κ3) is 3.40. The Labute approximate surface area is 117 Å². The van der Waals surface area contributed by atoms with E-state index in [1.807, 2.05) is 0 Å². The Hall–Kier alpha value is -0.710. The highest BCUT2D eigenvalue weighted by Crippen LogP contribution is 2.22. The van der Waals surface area contributed by atoms with Gasteiger partial charge in [0.05, 0.1) is 10.6 Å². The third-order valence-corrected chi connectivity index (χ3v) is 3.72. The van der Waals surface area contributed by atoms with Gasteiger partial charge in [-0.05, 0) is 38.1 Å². The first-order valence-electron chi connectivity index (χ1n) is 5.94. The molecule has 0 unspecified atom stereocenters. The summed E-state index contributed by atoms with van der Waals surface area (Å²) in [6.07, 6.45) is 1.74. The summed E-state index contributed by atoms with van der Waals surface area (Å²) in [7, 11) is 2.07. The van der Waals surface area contributed by atoms with E-state index in [2.05, 4.69) is 24.6 Å². The average molecular weight is 286 g/mol. The molecular formula is C13H16ClNO2S. The maximum Gasteiger partial charge on any atom is 0.339 e. The quantitative estimate of drug-likeness (QED) is 0.669. The molecule has 5 heteroatoms. The van der Waals surface area contributed by atoms with Gasteiger partial charge in [-0.25, -0.2) is 4.79 Å². The van der Waals surface area contributed by atoms with Crippen molar-refractivity contribution in [3.63, 3.8) is 0 Å². The lowest BCUT2D eigenvalue weighted by Crippen LogP contribution is -2.35.